The third-order valence-electron chi connectivity index (χ3n) is 3.65. The fourth-order valence-electron chi connectivity index (χ4n) is 2.43. The molecule has 2 amide bonds. The van der Waals surface area contributed by atoms with Crippen LogP contribution in [0, 0.1) is 0 Å². The number of likely N-dealkylation sites (N-methyl/N-ethyl adjacent to an activating group) is 1. The van der Waals surface area contributed by atoms with Crippen molar-refractivity contribution in [2.45, 2.75) is 25.9 Å². The van der Waals surface area contributed by atoms with Crippen LogP contribution in [0.25, 0.3) is 0 Å². The molecule has 0 spiro atoms. The lowest BCUT2D eigenvalue weighted by atomic mass is 10.2. The van der Waals surface area contributed by atoms with E-state index in [0.717, 1.165) is 5.56 Å². The Hall–Kier alpha value is -1.89. The average Bonchev–Trinajstić information content (AvgIpc) is 2.84. The van der Waals surface area contributed by atoms with Crippen molar-refractivity contribution >= 4 is 21.7 Å². The van der Waals surface area contributed by atoms with Gasteiger partial charge in [0.25, 0.3) is 0 Å². The van der Waals surface area contributed by atoms with Crippen LogP contribution >= 0.6 is 0 Å². The lowest BCUT2D eigenvalue weighted by molar-refractivity contribution is -0.146. The summed E-state index contributed by atoms with van der Waals surface area (Å²) in [4.78, 5) is 25.6. The Morgan fingerprint density at radius 1 is 1.27 bits per heavy atom. The van der Waals surface area contributed by atoms with Crippen molar-refractivity contribution in [2.24, 2.45) is 0 Å². The molecule has 1 atom stereocenters. The van der Waals surface area contributed by atoms with Crippen LogP contribution in [0.3, 0.4) is 0 Å². The van der Waals surface area contributed by atoms with E-state index in [1.807, 2.05) is 30.3 Å². The minimum atomic E-state index is -3.08. The number of hydrogen-bond acceptors (Lipinski definition) is 4. The van der Waals surface area contributed by atoms with Crippen molar-refractivity contribution < 1.29 is 18.0 Å². The summed E-state index contributed by atoms with van der Waals surface area (Å²) >= 11 is 0. The van der Waals surface area contributed by atoms with Crippen LogP contribution in [0.1, 0.15) is 18.9 Å². The number of carbonyl (C=O) groups is 2. The zero-order valence-electron chi connectivity index (χ0n) is 12.5. The number of sulfone groups is 1. The van der Waals surface area contributed by atoms with E-state index in [9.17, 15) is 18.0 Å². The van der Waals surface area contributed by atoms with Crippen LogP contribution in [0.5, 0.6) is 0 Å². The van der Waals surface area contributed by atoms with Gasteiger partial charge in [0.1, 0.15) is 0 Å². The smallest absolute Gasteiger partial charge is 0.312 e. The van der Waals surface area contributed by atoms with Gasteiger partial charge in [0.05, 0.1) is 11.5 Å². The Bertz CT molecular complexity index is 643. The second-order valence-corrected chi connectivity index (χ2v) is 7.61. The number of rotatable bonds is 4. The van der Waals surface area contributed by atoms with Gasteiger partial charge in [0.15, 0.2) is 9.84 Å². The van der Waals surface area contributed by atoms with Crippen molar-refractivity contribution in [3.63, 3.8) is 0 Å². The fraction of sp³-hybridized carbons (Fsp3) is 0.467. The number of hydrogen-bond donors (Lipinski definition) is 1. The summed E-state index contributed by atoms with van der Waals surface area (Å²) in [7, 11) is -3.08. The molecule has 0 bridgehead atoms. The topological polar surface area (TPSA) is 83.6 Å². The maximum absolute atomic E-state index is 12.2. The number of nitrogens with one attached hydrogen (secondary N) is 1. The molecule has 0 radical (unpaired) electrons. The largest absolute Gasteiger partial charge is 0.344 e. The Morgan fingerprint density at radius 3 is 2.50 bits per heavy atom. The van der Waals surface area contributed by atoms with Gasteiger partial charge in [0.2, 0.25) is 0 Å². The molecule has 1 aromatic rings. The van der Waals surface area contributed by atoms with E-state index in [0.29, 0.717) is 19.5 Å². The van der Waals surface area contributed by atoms with Gasteiger partial charge < -0.3 is 10.2 Å². The van der Waals surface area contributed by atoms with Crippen molar-refractivity contribution in [3.8, 4) is 0 Å². The molecule has 22 heavy (non-hydrogen) atoms. The van der Waals surface area contributed by atoms with Crippen molar-refractivity contribution in [3.05, 3.63) is 35.9 Å². The summed E-state index contributed by atoms with van der Waals surface area (Å²) in [5.41, 5.74) is 0.939. The van der Waals surface area contributed by atoms with Crippen LogP contribution in [0.4, 0.5) is 0 Å². The van der Waals surface area contributed by atoms with E-state index in [1.165, 1.54) is 4.90 Å². The van der Waals surface area contributed by atoms with Crippen LogP contribution < -0.4 is 5.32 Å². The minimum Gasteiger partial charge on any atom is -0.344 e. The first-order valence-electron chi connectivity index (χ1n) is 7.25. The zero-order chi connectivity index (χ0) is 16.2. The lowest BCUT2D eigenvalue weighted by Gasteiger charge is -2.21. The molecule has 1 aliphatic rings. The van der Waals surface area contributed by atoms with Crippen molar-refractivity contribution in [2.75, 3.05) is 18.1 Å². The summed E-state index contributed by atoms with van der Waals surface area (Å²) in [6, 6.07) is 8.94. The third-order valence-corrected chi connectivity index (χ3v) is 5.42. The van der Waals surface area contributed by atoms with Gasteiger partial charge >= 0.3 is 11.8 Å². The molecule has 0 aromatic heterocycles. The van der Waals surface area contributed by atoms with Crippen LogP contribution in [-0.4, -0.2) is 49.2 Å². The Kier molecular flexibility index (Phi) is 5.18. The maximum atomic E-state index is 12.2. The molecule has 0 saturated carbocycles. The van der Waals surface area contributed by atoms with Gasteiger partial charge in [-0.05, 0) is 18.9 Å². The van der Waals surface area contributed by atoms with E-state index in [4.69, 9.17) is 0 Å². The third kappa shape index (κ3) is 4.30. The predicted molar refractivity (Wildman–Crippen MR) is 82.7 cm³/mol. The molecule has 1 aromatic carbocycles. The van der Waals surface area contributed by atoms with E-state index >= 15 is 0 Å². The molecule has 7 heteroatoms. The summed E-state index contributed by atoms with van der Waals surface area (Å²) in [6.45, 7) is 2.56. The first-order chi connectivity index (χ1) is 10.4. The number of benzene rings is 1. The molecular weight excluding hydrogens is 304 g/mol. The number of carbonyl (C=O) groups excluding carboxylic acids is 2. The zero-order valence-corrected chi connectivity index (χ0v) is 13.3. The molecule has 1 aliphatic heterocycles. The molecule has 2 rings (SSSR count). The highest BCUT2D eigenvalue weighted by molar-refractivity contribution is 7.91. The molecule has 1 fully saturated rings. The molecular formula is C15H20N2O4S. The average molecular weight is 324 g/mol. The van der Waals surface area contributed by atoms with E-state index in [2.05, 4.69) is 5.32 Å². The summed E-state index contributed by atoms with van der Waals surface area (Å²) in [5.74, 6) is -1.39. The molecule has 1 N–H and O–H groups in total. The molecule has 6 nitrogen and oxygen atoms in total. The van der Waals surface area contributed by atoms with Gasteiger partial charge in [-0.3, -0.25) is 9.59 Å². The molecule has 1 saturated heterocycles. The van der Waals surface area contributed by atoms with E-state index in [1.54, 1.807) is 6.92 Å². The van der Waals surface area contributed by atoms with Gasteiger partial charge in [-0.2, -0.15) is 0 Å². The van der Waals surface area contributed by atoms with Crippen LogP contribution in [0.15, 0.2) is 30.3 Å². The monoisotopic (exact) mass is 324 g/mol. The van der Waals surface area contributed by atoms with Crippen molar-refractivity contribution in [1.29, 1.82) is 0 Å². The summed E-state index contributed by atoms with van der Waals surface area (Å²) in [5, 5.41) is 2.53. The summed E-state index contributed by atoms with van der Waals surface area (Å²) in [6.07, 6.45) is 0.367. The lowest BCUT2D eigenvalue weighted by Crippen LogP contribution is -2.46. The predicted octanol–water partition coefficient (Wildman–Crippen LogP) is 0.338. The Morgan fingerprint density at radius 2 is 1.95 bits per heavy atom. The van der Waals surface area contributed by atoms with Gasteiger partial charge in [0, 0.05) is 19.1 Å². The van der Waals surface area contributed by atoms with Crippen molar-refractivity contribution in [1.82, 2.24) is 10.2 Å². The first kappa shape index (κ1) is 16.5. The SMILES string of the molecule is CCN(Cc1ccccc1)C(=O)C(=O)NC1CCS(=O)(=O)C1. The molecule has 1 heterocycles. The second kappa shape index (κ2) is 6.91. The highest BCUT2D eigenvalue weighted by Gasteiger charge is 2.31. The van der Waals surface area contributed by atoms with Gasteiger partial charge in [-0.1, -0.05) is 30.3 Å². The van der Waals surface area contributed by atoms with E-state index in [-0.39, 0.29) is 11.5 Å². The fourth-order valence-corrected chi connectivity index (χ4v) is 4.10. The van der Waals surface area contributed by atoms with Gasteiger partial charge in [-0.15, -0.1) is 0 Å². The van der Waals surface area contributed by atoms with Crippen LogP contribution in [0.2, 0.25) is 0 Å². The molecule has 0 aliphatic carbocycles. The standard InChI is InChI=1S/C15H20N2O4S/c1-2-17(10-12-6-4-3-5-7-12)15(19)14(18)16-13-8-9-22(20,21)11-13/h3-7,13H,2,8-11H2,1H3,(H,16,18). The number of amides is 2. The number of nitrogens with zero attached hydrogens (tertiary/aromatic N) is 1. The normalized spacial score (nSPS) is 19.6. The highest BCUT2D eigenvalue weighted by Crippen LogP contribution is 2.11. The molecule has 120 valence electrons. The van der Waals surface area contributed by atoms with Gasteiger partial charge in [-0.25, -0.2) is 8.42 Å². The Labute approximate surface area is 130 Å². The van der Waals surface area contributed by atoms with Crippen LogP contribution in [-0.2, 0) is 26.0 Å². The second-order valence-electron chi connectivity index (χ2n) is 5.38. The maximum Gasteiger partial charge on any atom is 0.312 e. The summed E-state index contributed by atoms with van der Waals surface area (Å²) < 4.78 is 22.8. The van der Waals surface area contributed by atoms with E-state index < -0.39 is 27.7 Å². The minimum absolute atomic E-state index is 0.0631. The highest BCUT2D eigenvalue weighted by atomic mass is 32.2. The Balaban J connectivity index is 1.95. The quantitative estimate of drug-likeness (QED) is 0.810. The first-order valence-corrected chi connectivity index (χ1v) is 9.07. The molecule has 1 unspecified atom stereocenters.